The van der Waals surface area contributed by atoms with Crippen molar-refractivity contribution in [2.75, 3.05) is 60.5 Å². The number of rotatable bonds is 10. The maximum atomic E-state index is 13.2. The lowest BCUT2D eigenvalue weighted by atomic mass is 9.44. The number of fused-ring (bicyclic) bond motifs is 5. The number of amides is 1. The molecule has 7 atom stereocenters. The molecule has 0 unspecified atom stereocenters. The Kier molecular flexibility index (Phi) is 9.47. The molecule has 0 aromatic heterocycles. The molecule has 4 rings (SSSR count). The number of nitrogens with one attached hydrogen (secondary N) is 1. The maximum Gasteiger partial charge on any atom is 0.436 e. The molecule has 0 bridgehead atoms. The average molecular weight is 550 g/mol. The highest BCUT2D eigenvalue weighted by molar-refractivity contribution is 5.85. The van der Waals surface area contributed by atoms with Gasteiger partial charge in [0.15, 0.2) is 0 Å². The van der Waals surface area contributed by atoms with Gasteiger partial charge in [0.05, 0.1) is 39.9 Å². The van der Waals surface area contributed by atoms with Gasteiger partial charge in [-0.05, 0) is 86.4 Å². The molecular formula is C31H54FN4O3+. The molecule has 1 amide bonds. The molecule has 0 spiro atoms. The van der Waals surface area contributed by atoms with Gasteiger partial charge in [-0.2, -0.15) is 0 Å². The smallest absolute Gasteiger partial charge is 0.330 e. The Morgan fingerprint density at radius 1 is 1.05 bits per heavy atom. The zero-order valence-corrected chi connectivity index (χ0v) is 25.4. The molecule has 1 N–H and O–H groups in total. The van der Waals surface area contributed by atoms with Crippen LogP contribution in [0, 0.1) is 40.4 Å². The molecule has 4 aliphatic rings. The standard InChI is InChI=1S/C31H54FN4O3/c1-22(34-39-29(38)35(18-15-32)19-16-33-17-20-36(4,5)6)26-9-10-27-25-8-7-23-21-24(37)11-13-30(23,2)28(25)12-14-31(26,27)3/h23,25-28,33H,7-21H2,1-6H3/q+1/b34-22+/t23-,25-,26+,27-,28-,30-,31+/m0/s1. The Labute approximate surface area is 235 Å². The minimum atomic E-state index is -0.602. The number of Topliss-reactive ketones (excluding diaryl/α,β-unsaturated/α-hetero) is 1. The summed E-state index contributed by atoms with van der Waals surface area (Å²) >= 11 is 0. The van der Waals surface area contributed by atoms with Crippen molar-refractivity contribution in [2.24, 2.45) is 45.6 Å². The van der Waals surface area contributed by atoms with Crippen LogP contribution in [0.4, 0.5) is 9.18 Å². The fourth-order valence-electron chi connectivity index (χ4n) is 9.11. The molecule has 4 saturated carbocycles. The van der Waals surface area contributed by atoms with Crippen molar-refractivity contribution in [3.63, 3.8) is 0 Å². The molecule has 0 aromatic rings. The summed E-state index contributed by atoms with van der Waals surface area (Å²) in [7, 11) is 6.41. The predicted octanol–water partition coefficient (Wildman–Crippen LogP) is 5.29. The van der Waals surface area contributed by atoms with E-state index in [9.17, 15) is 14.0 Å². The largest absolute Gasteiger partial charge is 0.436 e. The molecule has 0 aromatic carbocycles. The number of likely N-dealkylation sites (N-methyl/N-ethyl adjacent to an activating group) is 1. The second-order valence-electron chi connectivity index (χ2n) is 14.6. The first-order valence-electron chi connectivity index (χ1n) is 15.5. The number of quaternary nitrogens is 1. The van der Waals surface area contributed by atoms with Gasteiger partial charge < -0.3 is 14.7 Å². The minimum absolute atomic E-state index is 0.0159. The quantitative estimate of drug-likeness (QED) is 0.132. The Bertz CT molecular complexity index is 920. The zero-order valence-electron chi connectivity index (χ0n) is 25.4. The highest BCUT2D eigenvalue weighted by atomic mass is 19.1. The van der Waals surface area contributed by atoms with Crippen molar-refractivity contribution in [1.29, 1.82) is 0 Å². The minimum Gasteiger partial charge on any atom is -0.330 e. The van der Waals surface area contributed by atoms with Crippen LogP contribution in [-0.4, -0.2) is 87.5 Å². The van der Waals surface area contributed by atoms with Gasteiger partial charge in [-0.3, -0.25) is 9.63 Å². The molecule has 0 aliphatic heterocycles. The number of alkyl halides is 1. The van der Waals surface area contributed by atoms with Gasteiger partial charge in [0, 0.05) is 38.4 Å². The average Bonchev–Trinajstić information content (AvgIpc) is 3.23. The van der Waals surface area contributed by atoms with E-state index in [1.54, 1.807) is 0 Å². The number of hydrogen-bond acceptors (Lipinski definition) is 5. The summed E-state index contributed by atoms with van der Waals surface area (Å²) in [4.78, 5) is 31.8. The van der Waals surface area contributed by atoms with Gasteiger partial charge in [0.1, 0.15) is 12.5 Å². The van der Waals surface area contributed by atoms with E-state index in [1.807, 2.05) is 6.92 Å². The lowest BCUT2D eigenvalue weighted by molar-refractivity contribution is -0.869. The van der Waals surface area contributed by atoms with Crippen LogP contribution in [0.3, 0.4) is 0 Å². The first kappa shape index (κ1) is 30.4. The molecule has 7 nitrogen and oxygen atoms in total. The van der Waals surface area contributed by atoms with Crippen LogP contribution in [0.5, 0.6) is 0 Å². The fourth-order valence-corrected chi connectivity index (χ4v) is 9.11. The summed E-state index contributed by atoms with van der Waals surface area (Å²) in [5.74, 6) is 3.47. The monoisotopic (exact) mass is 549 g/mol. The van der Waals surface area contributed by atoms with Crippen molar-refractivity contribution < 1.29 is 23.3 Å². The lowest BCUT2D eigenvalue weighted by Crippen LogP contribution is -2.53. The van der Waals surface area contributed by atoms with Crippen LogP contribution in [-0.2, 0) is 9.63 Å². The van der Waals surface area contributed by atoms with E-state index in [-0.39, 0.29) is 12.0 Å². The first-order valence-corrected chi connectivity index (χ1v) is 15.5. The topological polar surface area (TPSA) is 71.0 Å². The molecule has 0 radical (unpaired) electrons. The van der Waals surface area contributed by atoms with Crippen LogP contribution < -0.4 is 5.32 Å². The van der Waals surface area contributed by atoms with Gasteiger partial charge in [-0.25, -0.2) is 9.18 Å². The number of ketones is 1. The third-order valence-corrected chi connectivity index (χ3v) is 11.4. The molecule has 8 heteroatoms. The van der Waals surface area contributed by atoms with Gasteiger partial charge in [0.2, 0.25) is 0 Å². The van der Waals surface area contributed by atoms with Crippen molar-refractivity contribution >= 4 is 17.6 Å². The van der Waals surface area contributed by atoms with E-state index < -0.39 is 12.8 Å². The highest BCUT2D eigenvalue weighted by Crippen LogP contribution is 2.67. The third kappa shape index (κ3) is 6.52. The number of carbonyl (C=O) groups is 2. The Morgan fingerprint density at radius 2 is 1.79 bits per heavy atom. The maximum absolute atomic E-state index is 13.2. The number of hydrogen-bond donors (Lipinski definition) is 1. The fraction of sp³-hybridized carbons (Fsp3) is 0.903. The van der Waals surface area contributed by atoms with Crippen molar-refractivity contribution in [1.82, 2.24) is 10.2 Å². The SMILES string of the molecule is C/C(=N\OC(=O)N(CCF)CCNCC[N+](C)(C)C)[C@H]1CC[C@H]2[C@@H]3CC[C@H]4CC(=O)CC[C@]4(C)[C@H]3CC[C@]12C. The summed E-state index contributed by atoms with van der Waals surface area (Å²) in [5.41, 5.74) is 1.38. The molecule has 4 aliphatic carbocycles. The summed E-state index contributed by atoms with van der Waals surface area (Å²) < 4.78 is 14.0. The van der Waals surface area contributed by atoms with Gasteiger partial charge in [-0.1, -0.05) is 19.0 Å². The molecule has 0 saturated heterocycles. The van der Waals surface area contributed by atoms with E-state index in [0.717, 1.165) is 60.8 Å². The molecule has 0 heterocycles. The number of halogens is 1. The number of nitrogens with zero attached hydrogens (tertiary/aromatic N) is 3. The number of oxime groups is 1. The molecule has 39 heavy (non-hydrogen) atoms. The van der Waals surface area contributed by atoms with Gasteiger partial charge in [0.25, 0.3) is 0 Å². The van der Waals surface area contributed by atoms with Crippen molar-refractivity contribution in [3.8, 4) is 0 Å². The second-order valence-corrected chi connectivity index (χ2v) is 14.6. The molecule has 4 fully saturated rings. The van der Waals surface area contributed by atoms with Crippen LogP contribution in [0.2, 0.25) is 0 Å². The summed E-state index contributed by atoms with van der Waals surface area (Å²) in [6, 6.07) is 0. The van der Waals surface area contributed by atoms with Crippen LogP contribution in [0.15, 0.2) is 5.16 Å². The van der Waals surface area contributed by atoms with Crippen LogP contribution >= 0.6 is 0 Å². The van der Waals surface area contributed by atoms with E-state index in [1.165, 1.54) is 37.0 Å². The summed E-state index contributed by atoms with van der Waals surface area (Å²) in [6.45, 7) is 9.15. The zero-order chi connectivity index (χ0) is 28.4. The van der Waals surface area contributed by atoms with Crippen molar-refractivity contribution in [2.45, 2.75) is 78.6 Å². The van der Waals surface area contributed by atoms with E-state index in [2.05, 4.69) is 45.5 Å². The Balaban J connectivity index is 1.34. The molecule has 222 valence electrons. The summed E-state index contributed by atoms with van der Waals surface area (Å²) in [6.07, 6.45) is 9.20. The Morgan fingerprint density at radius 3 is 2.51 bits per heavy atom. The molecular weight excluding hydrogens is 495 g/mol. The Hall–Kier alpha value is -1.54. The van der Waals surface area contributed by atoms with Crippen LogP contribution in [0.1, 0.15) is 78.6 Å². The highest BCUT2D eigenvalue weighted by Gasteiger charge is 2.60. The first-order chi connectivity index (χ1) is 18.4. The lowest BCUT2D eigenvalue weighted by Gasteiger charge is -2.60. The van der Waals surface area contributed by atoms with E-state index in [0.29, 0.717) is 42.0 Å². The second kappa shape index (κ2) is 12.1. The van der Waals surface area contributed by atoms with Crippen LogP contribution in [0.25, 0.3) is 0 Å². The predicted molar refractivity (Wildman–Crippen MR) is 153 cm³/mol. The van der Waals surface area contributed by atoms with E-state index in [4.69, 9.17) is 4.84 Å². The van der Waals surface area contributed by atoms with Crippen molar-refractivity contribution in [3.05, 3.63) is 0 Å². The summed E-state index contributed by atoms with van der Waals surface area (Å²) in [5, 5.41) is 7.69. The van der Waals surface area contributed by atoms with Gasteiger partial charge >= 0.3 is 6.09 Å². The number of carbonyl (C=O) groups excluding carboxylic acids is 2. The third-order valence-electron chi connectivity index (χ3n) is 11.4. The normalized spacial score (nSPS) is 36.6. The van der Waals surface area contributed by atoms with Gasteiger partial charge in [-0.15, -0.1) is 0 Å². The van der Waals surface area contributed by atoms with E-state index >= 15 is 0 Å².